The molecule has 7 nitrogen and oxygen atoms in total. The van der Waals surface area contributed by atoms with Crippen LogP contribution in [-0.2, 0) is 5.66 Å². The van der Waals surface area contributed by atoms with Crippen molar-refractivity contribution < 1.29 is 14.2 Å². The van der Waals surface area contributed by atoms with Crippen LogP contribution in [0, 0.1) is 0 Å². The molecule has 108 valence electrons. The average molecular weight is 278 g/mol. The monoisotopic (exact) mass is 278 g/mol. The molecule has 1 aliphatic heterocycles. The highest BCUT2D eigenvalue weighted by molar-refractivity contribution is 5.81. The van der Waals surface area contributed by atoms with Crippen molar-refractivity contribution in [3.05, 3.63) is 30.0 Å². The third-order valence-corrected chi connectivity index (χ3v) is 3.04. The Bertz CT molecular complexity index is 571. The third kappa shape index (κ3) is 2.35. The highest BCUT2D eigenvalue weighted by atomic mass is 16.5. The van der Waals surface area contributed by atoms with Crippen molar-refractivity contribution in [3.8, 4) is 17.2 Å². The zero-order valence-electron chi connectivity index (χ0n) is 11.6. The maximum absolute atomic E-state index is 6.33. The number of rotatable bonds is 4. The maximum atomic E-state index is 6.33. The van der Waals surface area contributed by atoms with E-state index in [1.165, 1.54) is 0 Å². The van der Waals surface area contributed by atoms with E-state index >= 15 is 0 Å². The lowest BCUT2D eigenvalue weighted by molar-refractivity contribution is 0.342. The first-order chi connectivity index (χ1) is 9.54. The summed E-state index contributed by atoms with van der Waals surface area (Å²) in [5.41, 5.74) is 11.6. The first kappa shape index (κ1) is 14.0. The first-order valence-electron chi connectivity index (χ1n) is 5.92. The van der Waals surface area contributed by atoms with Crippen LogP contribution in [0.1, 0.15) is 5.56 Å². The molecule has 1 heterocycles. The molecule has 0 spiro atoms. The van der Waals surface area contributed by atoms with Crippen LogP contribution in [-0.4, -0.2) is 27.3 Å². The summed E-state index contributed by atoms with van der Waals surface area (Å²) < 4.78 is 15.9. The van der Waals surface area contributed by atoms with Crippen LogP contribution < -0.4 is 31.0 Å². The number of nitrogens with zero attached hydrogens (tertiary/aromatic N) is 1. The number of nitrogens with two attached hydrogens (primary N) is 2. The van der Waals surface area contributed by atoms with Crippen LogP contribution in [0.15, 0.2) is 29.4 Å². The van der Waals surface area contributed by atoms with E-state index in [0.717, 1.165) is 0 Å². The minimum atomic E-state index is -1.03. The van der Waals surface area contributed by atoms with Crippen molar-refractivity contribution in [3.63, 3.8) is 0 Å². The quantitative estimate of drug-likeness (QED) is 0.729. The molecule has 1 aliphatic rings. The minimum absolute atomic E-state index is 0.229. The first-order valence-corrected chi connectivity index (χ1v) is 5.92. The lowest BCUT2D eigenvalue weighted by Crippen LogP contribution is -2.55. The summed E-state index contributed by atoms with van der Waals surface area (Å²) in [6.45, 7) is 0. The summed E-state index contributed by atoms with van der Waals surface area (Å²) in [7, 11) is 4.66. The molecule has 0 saturated carbocycles. The molecule has 0 aliphatic carbocycles. The predicted molar refractivity (Wildman–Crippen MR) is 75.9 cm³/mol. The fraction of sp³-hybridized carbons (Fsp3) is 0.308. The Hall–Kier alpha value is -2.41. The largest absolute Gasteiger partial charge is 0.496 e. The molecule has 0 bridgehead atoms. The third-order valence-electron chi connectivity index (χ3n) is 3.04. The van der Waals surface area contributed by atoms with Gasteiger partial charge in [0.25, 0.3) is 0 Å². The molecule has 7 heteroatoms. The Morgan fingerprint density at radius 1 is 1.05 bits per heavy atom. The van der Waals surface area contributed by atoms with Crippen molar-refractivity contribution in [1.29, 1.82) is 0 Å². The van der Waals surface area contributed by atoms with E-state index in [4.69, 9.17) is 25.7 Å². The van der Waals surface area contributed by atoms with Crippen LogP contribution in [0.2, 0.25) is 0 Å². The van der Waals surface area contributed by atoms with Crippen LogP contribution in [0.3, 0.4) is 0 Å². The summed E-state index contributed by atoms with van der Waals surface area (Å²) in [4.78, 5) is 3.91. The summed E-state index contributed by atoms with van der Waals surface area (Å²) in [5.74, 6) is 1.88. The zero-order chi connectivity index (χ0) is 14.8. The Kier molecular flexibility index (Phi) is 3.71. The lowest BCUT2D eigenvalue weighted by atomic mass is 9.97. The topological polar surface area (TPSA) is 104 Å². The summed E-state index contributed by atoms with van der Waals surface area (Å²) in [5, 5.41) is 2.91. The van der Waals surface area contributed by atoms with Gasteiger partial charge in [0.1, 0.15) is 11.4 Å². The second-order valence-electron chi connectivity index (χ2n) is 4.23. The molecule has 0 saturated heterocycles. The SMILES string of the molecule is COc1cc(OC)c(C2(N)C=CN=C(N)N2)cc1OC. The summed E-state index contributed by atoms with van der Waals surface area (Å²) >= 11 is 0. The van der Waals surface area contributed by atoms with E-state index in [2.05, 4.69) is 10.3 Å². The van der Waals surface area contributed by atoms with Crippen LogP contribution >= 0.6 is 0 Å². The summed E-state index contributed by atoms with van der Waals surface area (Å²) in [6.07, 6.45) is 3.23. The van der Waals surface area contributed by atoms with E-state index in [1.54, 1.807) is 45.7 Å². The number of guanidine groups is 1. The average Bonchev–Trinajstić information content (AvgIpc) is 2.45. The van der Waals surface area contributed by atoms with Gasteiger partial charge in [-0.05, 0) is 12.1 Å². The number of benzene rings is 1. The van der Waals surface area contributed by atoms with Crippen LogP contribution in [0.4, 0.5) is 0 Å². The molecule has 1 aromatic rings. The Morgan fingerprint density at radius 2 is 1.65 bits per heavy atom. The van der Waals surface area contributed by atoms with E-state index < -0.39 is 5.66 Å². The fourth-order valence-corrected chi connectivity index (χ4v) is 2.03. The standard InChI is InChI=1S/C13H18N4O3/c1-18-9-7-11(20-3)10(19-2)6-8(9)13(15)4-5-16-12(14)17-13/h4-7H,15H2,1-3H3,(H3,14,16,17). The normalized spacial score (nSPS) is 20.9. The number of hydrogen-bond donors (Lipinski definition) is 3. The van der Waals surface area contributed by atoms with Gasteiger partial charge in [-0.2, -0.15) is 0 Å². The van der Waals surface area contributed by atoms with E-state index in [9.17, 15) is 0 Å². The van der Waals surface area contributed by atoms with Crippen LogP contribution in [0.5, 0.6) is 17.2 Å². The van der Waals surface area contributed by atoms with E-state index in [-0.39, 0.29) is 5.96 Å². The number of hydrogen-bond acceptors (Lipinski definition) is 7. The van der Waals surface area contributed by atoms with Gasteiger partial charge in [-0.1, -0.05) is 0 Å². The highest BCUT2D eigenvalue weighted by Gasteiger charge is 2.31. The molecule has 1 atom stereocenters. The number of ether oxygens (including phenoxy) is 3. The van der Waals surface area contributed by atoms with Crippen molar-refractivity contribution in [2.24, 2.45) is 16.5 Å². The van der Waals surface area contributed by atoms with Gasteiger partial charge in [0, 0.05) is 17.8 Å². The second kappa shape index (κ2) is 5.30. The molecule has 0 fully saturated rings. The molecule has 0 aromatic heterocycles. The highest BCUT2D eigenvalue weighted by Crippen LogP contribution is 2.38. The van der Waals surface area contributed by atoms with Gasteiger partial charge < -0.3 is 31.0 Å². The molecule has 20 heavy (non-hydrogen) atoms. The Morgan fingerprint density at radius 3 is 2.20 bits per heavy atom. The van der Waals surface area contributed by atoms with Gasteiger partial charge in [0.2, 0.25) is 0 Å². The number of methoxy groups -OCH3 is 3. The molecule has 0 radical (unpaired) electrons. The molecule has 1 aromatic carbocycles. The fourth-order valence-electron chi connectivity index (χ4n) is 2.03. The molecular formula is C13H18N4O3. The van der Waals surface area contributed by atoms with Crippen molar-refractivity contribution >= 4 is 5.96 Å². The maximum Gasteiger partial charge on any atom is 0.195 e. The van der Waals surface area contributed by atoms with Crippen LogP contribution in [0.25, 0.3) is 0 Å². The second-order valence-corrected chi connectivity index (χ2v) is 4.23. The van der Waals surface area contributed by atoms with Crippen molar-refractivity contribution in [2.75, 3.05) is 21.3 Å². The zero-order valence-corrected chi connectivity index (χ0v) is 11.6. The molecule has 5 N–H and O–H groups in total. The molecule has 0 amide bonds. The Labute approximate surface area is 117 Å². The minimum Gasteiger partial charge on any atom is -0.496 e. The van der Waals surface area contributed by atoms with E-state index in [1.807, 2.05) is 0 Å². The van der Waals surface area contributed by atoms with Gasteiger partial charge in [-0.25, -0.2) is 4.99 Å². The lowest BCUT2D eigenvalue weighted by Gasteiger charge is -2.31. The van der Waals surface area contributed by atoms with Gasteiger partial charge in [0.05, 0.1) is 21.3 Å². The van der Waals surface area contributed by atoms with Gasteiger partial charge in [0.15, 0.2) is 17.5 Å². The van der Waals surface area contributed by atoms with Gasteiger partial charge in [-0.15, -0.1) is 0 Å². The number of aliphatic imine (C=N–C) groups is 1. The smallest absolute Gasteiger partial charge is 0.195 e. The summed E-state index contributed by atoms with van der Waals surface area (Å²) in [6, 6.07) is 3.45. The van der Waals surface area contributed by atoms with Crippen molar-refractivity contribution in [1.82, 2.24) is 5.32 Å². The van der Waals surface area contributed by atoms with Gasteiger partial charge >= 0.3 is 0 Å². The van der Waals surface area contributed by atoms with Gasteiger partial charge in [-0.3, -0.25) is 0 Å². The molecule has 2 rings (SSSR count). The Balaban J connectivity index is 2.55. The number of nitrogens with one attached hydrogen (secondary N) is 1. The molecular weight excluding hydrogens is 260 g/mol. The molecule has 1 unspecified atom stereocenters. The predicted octanol–water partition coefficient (Wildman–Crippen LogP) is 0.256. The van der Waals surface area contributed by atoms with E-state index in [0.29, 0.717) is 22.8 Å². The van der Waals surface area contributed by atoms with Crippen molar-refractivity contribution in [2.45, 2.75) is 5.66 Å².